The Balaban J connectivity index is 1.59. The molecule has 0 spiro atoms. The topological polar surface area (TPSA) is 49.8 Å². The fourth-order valence-electron chi connectivity index (χ4n) is 3.39. The summed E-state index contributed by atoms with van der Waals surface area (Å²) in [6, 6.07) is 0. The number of anilines is 1. The summed E-state index contributed by atoms with van der Waals surface area (Å²) < 4.78 is 0. The van der Waals surface area contributed by atoms with Crippen LogP contribution in [0, 0.1) is 5.92 Å². The smallest absolute Gasteiger partial charge is 0.138 e. The van der Waals surface area contributed by atoms with Gasteiger partial charge in [0.05, 0.1) is 5.39 Å². The summed E-state index contributed by atoms with van der Waals surface area (Å²) in [7, 11) is 0. The van der Waals surface area contributed by atoms with Crippen LogP contribution in [0.4, 0.5) is 5.82 Å². The van der Waals surface area contributed by atoms with Crippen LogP contribution in [0.5, 0.6) is 0 Å². The lowest BCUT2D eigenvalue weighted by Crippen LogP contribution is -2.31. The van der Waals surface area contributed by atoms with Gasteiger partial charge in [-0.1, -0.05) is 0 Å². The van der Waals surface area contributed by atoms with Gasteiger partial charge in [0.25, 0.3) is 0 Å². The van der Waals surface area contributed by atoms with Crippen LogP contribution in [-0.4, -0.2) is 29.6 Å². The molecule has 0 aromatic carbocycles. The van der Waals surface area contributed by atoms with Gasteiger partial charge in [-0.05, 0) is 56.7 Å². The second kappa shape index (κ2) is 5.30. The minimum atomic E-state index is 0.771. The van der Waals surface area contributed by atoms with Crippen LogP contribution in [-0.2, 0) is 12.8 Å². The highest BCUT2D eigenvalue weighted by Gasteiger charge is 2.21. The van der Waals surface area contributed by atoms with E-state index in [9.17, 15) is 0 Å². The molecule has 5 heteroatoms. The maximum Gasteiger partial charge on any atom is 0.138 e. The number of rotatable bonds is 3. The SMILES string of the molecule is c1nc(NCC2CCNCC2)c2c3c(sc2n1)CCC3. The molecule has 0 amide bonds. The zero-order valence-electron chi connectivity index (χ0n) is 11.6. The van der Waals surface area contributed by atoms with Gasteiger partial charge in [-0.2, -0.15) is 0 Å². The first-order chi connectivity index (χ1) is 9.92. The molecule has 106 valence electrons. The predicted octanol–water partition coefficient (Wildman–Crippen LogP) is 2.59. The number of hydrogen-bond donors (Lipinski definition) is 2. The van der Waals surface area contributed by atoms with Gasteiger partial charge in [-0.25, -0.2) is 9.97 Å². The van der Waals surface area contributed by atoms with Crippen molar-refractivity contribution in [2.24, 2.45) is 5.92 Å². The van der Waals surface area contributed by atoms with Crippen molar-refractivity contribution in [1.82, 2.24) is 15.3 Å². The lowest BCUT2D eigenvalue weighted by molar-refractivity contribution is 0.389. The molecule has 2 aromatic heterocycles. The van der Waals surface area contributed by atoms with E-state index in [2.05, 4.69) is 20.6 Å². The molecule has 0 bridgehead atoms. The molecule has 20 heavy (non-hydrogen) atoms. The summed E-state index contributed by atoms with van der Waals surface area (Å²) in [5.74, 6) is 1.83. The van der Waals surface area contributed by atoms with Crippen molar-refractivity contribution in [2.75, 3.05) is 25.0 Å². The Morgan fingerprint density at radius 2 is 2.15 bits per heavy atom. The second-order valence-electron chi connectivity index (χ2n) is 5.83. The number of aromatic nitrogens is 2. The van der Waals surface area contributed by atoms with Crippen LogP contribution in [0.1, 0.15) is 29.7 Å². The van der Waals surface area contributed by atoms with Crippen molar-refractivity contribution in [1.29, 1.82) is 0 Å². The minimum absolute atomic E-state index is 0.771. The third kappa shape index (κ3) is 2.19. The molecule has 0 atom stereocenters. The van der Waals surface area contributed by atoms with Crippen molar-refractivity contribution in [3.63, 3.8) is 0 Å². The Labute approximate surface area is 123 Å². The molecule has 4 nitrogen and oxygen atoms in total. The van der Waals surface area contributed by atoms with Crippen LogP contribution in [0.25, 0.3) is 10.2 Å². The van der Waals surface area contributed by atoms with Crippen LogP contribution in [0.15, 0.2) is 6.33 Å². The molecular weight excluding hydrogens is 268 g/mol. The molecule has 1 fully saturated rings. The molecule has 0 unspecified atom stereocenters. The van der Waals surface area contributed by atoms with E-state index in [0.29, 0.717) is 0 Å². The summed E-state index contributed by atoms with van der Waals surface area (Å²) in [5, 5.41) is 8.33. The normalized spacial score (nSPS) is 19.4. The van der Waals surface area contributed by atoms with Crippen LogP contribution in [0.2, 0.25) is 0 Å². The Hall–Kier alpha value is -1.20. The molecular formula is C15H20N4S. The summed E-state index contributed by atoms with van der Waals surface area (Å²) in [5.41, 5.74) is 1.51. The Morgan fingerprint density at radius 3 is 3.05 bits per heavy atom. The van der Waals surface area contributed by atoms with Crippen LogP contribution >= 0.6 is 11.3 Å². The fraction of sp³-hybridized carbons (Fsp3) is 0.600. The van der Waals surface area contributed by atoms with E-state index in [1.165, 1.54) is 47.9 Å². The van der Waals surface area contributed by atoms with E-state index in [-0.39, 0.29) is 0 Å². The van der Waals surface area contributed by atoms with Crippen molar-refractivity contribution < 1.29 is 0 Å². The average Bonchev–Trinajstić information content (AvgIpc) is 3.06. The van der Waals surface area contributed by atoms with Crippen LogP contribution < -0.4 is 10.6 Å². The molecule has 1 saturated heterocycles. The van der Waals surface area contributed by atoms with Gasteiger partial charge < -0.3 is 10.6 Å². The molecule has 2 aromatic rings. The van der Waals surface area contributed by atoms with Crippen LogP contribution in [0.3, 0.4) is 0 Å². The Kier molecular flexibility index (Phi) is 3.32. The summed E-state index contributed by atoms with van der Waals surface area (Å²) in [6.07, 6.45) is 7.96. The van der Waals surface area contributed by atoms with E-state index in [0.717, 1.165) is 36.2 Å². The molecule has 1 aliphatic heterocycles. The van der Waals surface area contributed by atoms with E-state index in [1.54, 1.807) is 6.33 Å². The average molecular weight is 288 g/mol. The van der Waals surface area contributed by atoms with Gasteiger partial charge in [0.15, 0.2) is 0 Å². The zero-order valence-corrected chi connectivity index (χ0v) is 12.4. The van der Waals surface area contributed by atoms with Gasteiger partial charge in [0, 0.05) is 11.4 Å². The number of aryl methyl sites for hydroxylation is 2. The Bertz CT molecular complexity index is 616. The van der Waals surface area contributed by atoms with E-state index in [4.69, 9.17) is 0 Å². The minimum Gasteiger partial charge on any atom is -0.369 e. The van der Waals surface area contributed by atoms with Crippen molar-refractivity contribution in [2.45, 2.75) is 32.1 Å². The highest BCUT2D eigenvalue weighted by molar-refractivity contribution is 7.19. The number of hydrogen-bond acceptors (Lipinski definition) is 5. The molecule has 4 rings (SSSR count). The predicted molar refractivity (Wildman–Crippen MR) is 83.5 cm³/mol. The molecule has 0 saturated carbocycles. The highest BCUT2D eigenvalue weighted by atomic mass is 32.1. The molecule has 2 N–H and O–H groups in total. The maximum atomic E-state index is 4.51. The van der Waals surface area contributed by atoms with Gasteiger partial charge in [0.2, 0.25) is 0 Å². The molecule has 1 aliphatic carbocycles. The number of thiophene rings is 1. The first-order valence-corrected chi connectivity index (χ1v) is 8.43. The summed E-state index contributed by atoms with van der Waals surface area (Å²) in [4.78, 5) is 11.7. The standard InChI is InChI=1S/C15H20N4S/c1-2-11-12(3-1)20-15-13(11)14(18-9-19-15)17-8-10-4-6-16-7-5-10/h9-10,16H,1-8H2,(H,17,18,19). The molecule has 3 heterocycles. The third-order valence-electron chi connectivity index (χ3n) is 4.52. The number of nitrogens with one attached hydrogen (secondary N) is 2. The summed E-state index contributed by atoms with van der Waals surface area (Å²) in [6.45, 7) is 3.34. The van der Waals surface area contributed by atoms with E-state index >= 15 is 0 Å². The van der Waals surface area contributed by atoms with Gasteiger partial charge >= 0.3 is 0 Å². The van der Waals surface area contributed by atoms with Gasteiger partial charge in [0.1, 0.15) is 17.0 Å². The number of nitrogens with zero attached hydrogens (tertiary/aromatic N) is 2. The number of piperidine rings is 1. The number of fused-ring (bicyclic) bond motifs is 3. The first kappa shape index (κ1) is 12.5. The monoisotopic (exact) mass is 288 g/mol. The molecule has 0 radical (unpaired) electrons. The second-order valence-corrected chi connectivity index (χ2v) is 6.92. The van der Waals surface area contributed by atoms with Crippen molar-refractivity contribution in [3.8, 4) is 0 Å². The van der Waals surface area contributed by atoms with E-state index in [1.807, 2.05) is 11.3 Å². The zero-order chi connectivity index (χ0) is 13.4. The lowest BCUT2D eigenvalue weighted by atomic mass is 9.98. The lowest BCUT2D eigenvalue weighted by Gasteiger charge is -2.23. The largest absolute Gasteiger partial charge is 0.369 e. The van der Waals surface area contributed by atoms with E-state index < -0.39 is 0 Å². The van der Waals surface area contributed by atoms with Crippen molar-refractivity contribution in [3.05, 3.63) is 16.8 Å². The quantitative estimate of drug-likeness (QED) is 0.911. The fourth-order valence-corrected chi connectivity index (χ4v) is 4.62. The third-order valence-corrected chi connectivity index (χ3v) is 5.72. The maximum absolute atomic E-state index is 4.51. The highest BCUT2D eigenvalue weighted by Crippen LogP contribution is 2.39. The van der Waals surface area contributed by atoms with Gasteiger partial charge in [-0.15, -0.1) is 11.3 Å². The Morgan fingerprint density at radius 1 is 1.25 bits per heavy atom. The van der Waals surface area contributed by atoms with Gasteiger partial charge in [-0.3, -0.25) is 0 Å². The first-order valence-electron chi connectivity index (χ1n) is 7.61. The molecule has 2 aliphatic rings. The summed E-state index contributed by atoms with van der Waals surface area (Å²) >= 11 is 1.86. The van der Waals surface area contributed by atoms with Crippen molar-refractivity contribution >= 4 is 27.4 Å².